The van der Waals surface area contributed by atoms with Gasteiger partial charge in [0.2, 0.25) is 0 Å². The molecule has 1 atom stereocenters. The topological polar surface area (TPSA) is 19.0 Å². The molecule has 0 amide bonds. The molecule has 2 aromatic rings. The van der Waals surface area contributed by atoms with Crippen LogP contribution in [-0.4, -0.2) is 29.0 Å². The molecular weight excluding hydrogens is 280 g/mol. The summed E-state index contributed by atoms with van der Waals surface area (Å²) in [6, 6.07) is 5.13. The normalized spacial score (nSPS) is 18.4. The van der Waals surface area contributed by atoms with Gasteiger partial charge >= 0.3 is 0 Å². The monoisotopic (exact) mass is 304 g/mol. The molecule has 1 N–H and O–H groups in total. The largest absolute Gasteiger partial charge is 0.360 e. The number of hydrogen-bond donors (Lipinski definition) is 1. The first-order valence-corrected chi connectivity index (χ1v) is 8.63. The van der Waals surface area contributed by atoms with Crippen molar-refractivity contribution < 1.29 is 0 Å². The van der Waals surface area contributed by atoms with Crippen LogP contribution in [0.25, 0.3) is 10.9 Å². The van der Waals surface area contributed by atoms with Crippen LogP contribution in [0, 0.1) is 0 Å². The predicted molar refractivity (Wildman–Crippen MR) is 91.3 cm³/mol. The zero-order valence-corrected chi connectivity index (χ0v) is 13.8. The molecule has 1 heterocycles. The predicted octanol–water partition coefficient (Wildman–Crippen LogP) is 4.80. The second kappa shape index (κ2) is 6.41. The van der Waals surface area contributed by atoms with Crippen LogP contribution >= 0.6 is 11.6 Å². The Kier molecular flexibility index (Phi) is 4.56. The molecule has 0 bridgehead atoms. The van der Waals surface area contributed by atoms with Crippen LogP contribution in [0.5, 0.6) is 0 Å². The Morgan fingerprint density at radius 1 is 1.24 bits per heavy atom. The summed E-state index contributed by atoms with van der Waals surface area (Å²) in [7, 11) is 0. The zero-order chi connectivity index (χ0) is 14.8. The van der Waals surface area contributed by atoms with Crippen molar-refractivity contribution in [1.82, 2.24) is 9.88 Å². The number of aromatic amines is 1. The molecule has 1 aliphatic rings. The Morgan fingerprint density at radius 2 is 2.00 bits per heavy atom. The van der Waals surface area contributed by atoms with Crippen LogP contribution in [0.4, 0.5) is 0 Å². The minimum atomic E-state index is 0.675. The molecule has 0 radical (unpaired) electrons. The number of aromatic nitrogens is 1. The number of rotatable bonds is 5. The first kappa shape index (κ1) is 14.9. The van der Waals surface area contributed by atoms with E-state index in [4.69, 9.17) is 11.6 Å². The van der Waals surface area contributed by atoms with Crippen molar-refractivity contribution >= 4 is 22.5 Å². The molecule has 0 unspecified atom stereocenters. The van der Waals surface area contributed by atoms with Crippen LogP contribution < -0.4 is 0 Å². The molecule has 21 heavy (non-hydrogen) atoms. The van der Waals surface area contributed by atoms with Crippen LogP contribution in [-0.2, 0) is 12.8 Å². The van der Waals surface area contributed by atoms with Crippen LogP contribution in [0.15, 0.2) is 18.3 Å². The van der Waals surface area contributed by atoms with Crippen molar-refractivity contribution in [3.05, 3.63) is 34.5 Å². The van der Waals surface area contributed by atoms with Gasteiger partial charge in [-0.1, -0.05) is 31.5 Å². The fourth-order valence-electron chi connectivity index (χ4n) is 3.79. The van der Waals surface area contributed by atoms with Crippen molar-refractivity contribution in [2.24, 2.45) is 0 Å². The molecule has 1 aromatic carbocycles. The van der Waals surface area contributed by atoms with E-state index in [0.29, 0.717) is 6.04 Å². The Morgan fingerprint density at radius 3 is 2.71 bits per heavy atom. The van der Waals surface area contributed by atoms with Gasteiger partial charge in [-0.15, -0.1) is 0 Å². The van der Waals surface area contributed by atoms with E-state index in [9.17, 15) is 0 Å². The molecule has 0 fully saturated rings. The van der Waals surface area contributed by atoms with E-state index in [1.807, 2.05) is 6.20 Å². The summed E-state index contributed by atoms with van der Waals surface area (Å²) in [4.78, 5) is 5.97. The summed E-state index contributed by atoms with van der Waals surface area (Å²) in [6.07, 6.45) is 8.00. The smallest absolute Gasteiger partial charge is 0.0662 e. The number of nitrogens with one attached hydrogen (secondary N) is 1. The summed E-state index contributed by atoms with van der Waals surface area (Å²) in [6.45, 7) is 6.98. The Hall–Kier alpha value is -0.990. The minimum absolute atomic E-state index is 0.675. The Bertz CT molecular complexity index is 611. The van der Waals surface area contributed by atoms with E-state index in [1.165, 1.54) is 60.8 Å². The zero-order valence-electron chi connectivity index (χ0n) is 13.1. The van der Waals surface area contributed by atoms with Gasteiger partial charge in [0.15, 0.2) is 0 Å². The lowest BCUT2D eigenvalue weighted by atomic mass is 9.85. The van der Waals surface area contributed by atoms with Gasteiger partial charge < -0.3 is 9.88 Å². The molecule has 2 nitrogen and oxygen atoms in total. The van der Waals surface area contributed by atoms with Gasteiger partial charge in [-0.25, -0.2) is 0 Å². The molecule has 114 valence electrons. The number of aryl methyl sites for hydroxylation is 1. The van der Waals surface area contributed by atoms with Crippen molar-refractivity contribution in [2.45, 2.75) is 52.0 Å². The van der Waals surface area contributed by atoms with E-state index < -0.39 is 0 Å². The van der Waals surface area contributed by atoms with Gasteiger partial charge in [0.05, 0.1) is 5.02 Å². The van der Waals surface area contributed by atoms with Gasteiger partial charge in [0, 0.05) is 23.1 Å². The molecule has 0 saturated carbocycles. The van der Waals surface area contributed by atoms with Crippen LogP contribution in [0.1, 0.15) is 44.2 Å². The Labute approximate surface area is 132 Å². The van der Waals surface area contributed by atoms with Gasteiger partial charge in [-0.2, -0.15) is 0 Å². The summed E-state index contributed by atoms with van der Waals surface area (Å²) < 4.78 is 0. The first-order chi connectivity index (χ1) is 10.2. The standard InChI is InChI=1S/C18H25ClN2/c1-3-9-21(10-4-2)14-7-5-13-6-8-17-18(15(13)11-14)16(19)12-20-17/h6,8,12,14,20H,3-5,7,9-11H2,1-2H3/t14-/m1/s1. The van der Waals surface area contributed by atoms with Crippen molar-refractivity contribution in [2.75, 3.05) is 13.1 Å². The maximum atomic E-state index is 6.41. The number of benzene rings is 1. The molecule has 0 saturated heterocycles. The van der Waals surface area contributed by atoms with Crippen molar-refractivity contribution in [1.29, 1.82) is 0 Å². The lowest BCUT2D eigenvalue weighted by Crippen LogP contribution is -2.40. The van der Waals surface area contributed by atoms with E-state index in [0.717, 1.165) is 11.4 Å². The SMILES string of the molecule is CCCN(CCC)[C@@H]1CCc2ccc3[nH]cc(Cl)c3c2C1. The number of halogens is 1. The highest BCUT2D eigenvalue weighted by Crippen LogP contribution is 2.34. The molecule has 0 spiro atoms. The molecule has 3 rings (SSSR count). The summed E-state index contributed by atoms with van der Waals surface area (Å²) >= 11 is 6.41. The lowest BCUT2D eigenvalue weighted by molar-refractivity contribution is 0.180. The summed E-state index contributed by atoms with van der Waals surface area (Å²) in [5, 5.41) is 2.13. The van der Waals surface area contributed by atoms with Gasteiger partial charge in [-0.3, -0.25) is 0 Å². The van der Waals surface area contributed by atoms with Gasteiger partial charge in [0.1, 0.15) is 0 Å². The average Bonchev–Trinajstić information content (AvgIpc) is 2.88. The highest BCUT2D eigenvalue weighted by molar-refractivity contribution is 6.35. The minimum Gasteiger partial charge on any atom is -0.360 e. The lowest BCUT2D eigenvalue weighted by Gasteiger charge is -2.35. The fraction of sp³-hybridized carbons (Fsp3) is 0.556. The van der Waals surface area contributed by atoms with E-state index in [-0.39, 0.29) is 0 Å². The van der Waals surface area contributed by atoms with E-state index >= 15 is 0 Å². The third kappa shape index (κ3) is 2.84. The molecular formula is C18H25ClN2. The van der Waals surface area contributed by atoms with Gasteiger partial charge in [0.25, 0.3) is 0 Å². The third-order valence-electron chi connectivity index (χ3n) is 4.73. The summed E-state index contributed by atoms with van der Waals surface area (Å²) in [5.41, 5.74) is 4.15. The number of fused-ring (bicyclic) bond motifs is 3. The highest BCUT2D eigenvalue weighted by Gasteiger charge is 2.25. The molecule has 3 heteroatoms. The Balaban J connectivity index is 1.93. The average molecular weight is 305 g/mol. The summed E-state index contributed by atoms with van der Waals surface area (Å²) in [5.74, 6) is 0. The maximum absolute atomic E-state index is 6.41. The fourth-order valence-corrected chi connectivity index (χ4v) is 4.06. The van der Waals surface area contributed by atoms with Crippen LogP contribution in [0.2, 0.25) is 5.02 Å². The first-order valence-electron chi connectivity index (χ1n) is 8.26. The van der Waals surface area contributed by atoms with E-state index in [1.54, 1.807) is 0 Å². The van der Waals surface area contributed by atoms with E-state index in [2.05, 4.69) is 35.9 Å². The van der Waals surface area contributed by atoms with Gasteiger partial charge in [-0.05, 0) is 62.4 Å². The molecule has 1 aliphatic carbocycles. The molecule has 1 aromatic heterocycles. The third-order valence-corrected chi connectivity index (χ3v) is 5.03. The van der Waals surface area contributed by atoms with Crippen molar-refractivity contribution in [3.8, 4) is 0 Å². The maximum Gasteiger partial charge on any atom is 0.0662 e. The molecule has 0 aliphatic heterocycles. The quantitative estimate of drug-likeness (QED) is 0.840. The van der Waals surface area contributed by atoms with Crippen LogP contribution in [0.3, 0.4) is 0 Å². The number of hydrogen-bond acceptors (Lipinski definition) is 1. The van der Waals surface area contributed by atoms with Crippen molar-refractivity contribution in [3.63, 3.8) is 0 Å². The second-order valence-electron chi connectivity index (χ2n) is 6.20. The highest BCUT2D eigenvalue weighted by atomic mass is 35.5. The second-order valence-corrected chi connectivity index (χ2v) is 6.60. The number of nitrogens with zero attached hydrogens (tertiary/aromatic N) is 1. The number of H-pyrrole nitrogens is 1.